The summed E-state index contributed by atoms with van der Waals surface area (Å²) in [6, 6.07) is 15.1. The molecule has 0 N–H and O–H groups in total. The summed E-state index contributed by atoms with van der Waals surface area (Å²) in [4.78, 5) is 18.1. The molecule has 3 aromatic heterocycles. The molecule has 0 saturated heterocycles. The largest absolute Gasteiger partial charge is 1.00 e. The van der Waals surface area contributed by atoms with E-state index < -0.39 is 0 Å². The molecular formula is C17H17Cl2N3O2. The Labute approximate surface area is 153 Å². The summed E-state index contributed by atoms with van der Waals surface area (Å²) in [6.07, 6.45) is 9.16. The van der Waals surface area contributed by atoms with Gasteiger partial charge in [0.1, 0.15) is 0 Å². The van der Waals surface area contributed by atoms with E-state index in [2.05, 4.69) is 14.7 Å². The third-order valence-corrected chi connectivity index (χ3v) is 2.56. The molecule has 3 heterocycles. The van der Waals surface area contributed by atoms with Crippen molar-refractivity contribution < 1.29 is 26.5 Å². The van der Waals surface area contributed by atoms with Crippen molar-refractivity contribution in [1.82, 2.24) is 9.97 Å². The van der Waals surface area contributed by atoms with Crippen molar-refractivity contribution in [3.05, 3.63) is 79.5 Å². The normalized spacial score (nSPS) is 8.54. The van der Waals surface area contributed by atoms with Crippen molar-refractivity contribution >= 4 is 18.4 Å². The first-order valence-corrected chi connectivity index (χ1v) is 6.72. The van der Waals surface area contributed by atoms with Crippen LogP contribution in [0.3, 0.4) is 0 Å². The highest BCUT2D eigenvalue weighted by atomic mass is 35.5. The summed E-state index contributed by atoms with van der Waals surface area (Å²) in [6.45, 7) is 1.34. The number of pyridine rings is 3. The van der Waals surface area contributed by atoms with Crippen LogP contribution in [0.15, 0.2) is 79.5 Å². The van der Waals surface area contributed by atoms with E-state index in [-0.39, 0.29) is 30.8 Å². The van der Waals surface area contributed by atoms with Crippen LogP contribution in [-0.2, 0) is 4.79 Å². The molecule has 0 atom stereocenters. The number of rotatable bonds is 2. The first kappa shape index (κ1) is 21.5. The van der Waals surface area contributed by atoms with Crippen molar-refractivity contribution in [2.45, 2.75) is 6.92 Å². The fourth-order valence-corrected chi connectivity index (χ4v) is 1.64. The van der Waals surface area contributed by atoms with Crippen LogP contribution >= 0.6 is 12.4 Å². The topological polar surface area (TPSA) is 56.0 Å². The number of nitrogens with zero attached hydrogens (tertiary/aromatic N) is 3. The van der Waals surface area contributed by atoms with Gasteiger partial charge in [-0.2, -0.15) is 4.57 Å². The summed E-state index contributed by atoms with van der Waals surface area (Å²) < 4.78 is 6.71. The molecule has 0 aromatic carbocycles. The van der Waals surface area contributed by atoms with Crippen molar-refractivity contribution in [3.8, 4) is 11.6 Å². The lowest BCUT2D eigenvalue weighted by molar-refractivity contribution is -0.595. The SMILES string of the molecule is CC(=O)Oc1ccccn1.Cl.[Cl-].c1cc[n+](-c2ccncc2)cc1. The first-order chi connectivity index (χ1) is 10.8. The molecule has 0 unspecified atom stereocenters. The molecule has 0 radical (unpaired) electrons. The molecule has 5 nitrogen and oxygen atoms in total. The average Bonchev–Trinajstić information content (AvgIpc) is 2.57. The van der Waals surface area contributed by atoms with Gasteiger partial charge in [-0.25, -0.2) is 4.98 Å². The zero-order valence-electron chi connectivity index (χ0n) is 12.9. The zero-order chi connectivity index (χ0) is 15.6. The lowest BCUT2D eigenvalue weighted by Gasteiger charge is -1.95. The second-order valence-electron chi connectivity index (χ2n) is 4.25. The van der Waals surface area contributed by atoms with Gasteiger partial charge in [0, 0.05) is 55.8 Å². The first-order valence-electron chi connectivity index (χ1n) is 6.72. The second kappa shape index (κ2) is 12.0. The summed E-state index contributed by atoms with van der Waals surface area (Å²) in [5, 5.41) is 0. The van der Waals surface area contributed by atoms with Gasteiger partial charge in [0.15, 0.2) is 12.4 Å². The van der Waals surface area contributed by atoms with Crippen LogP contribution < -0.4 is 21.7 Å². The zero-order valence-corrected chi connectivity index (χ0v) is 14.5. The van der Waals surface area contributed by atoms with Gasteiger partial charge in [0.2, 0.25) is 11.6 Å². The highest BCUT2D eigenvalue weighted by Crippen LogP contribution is 2.02. The van der Waals surface area contributed by atoms with E-state index in [0.29, 0.717) is 5.88 Å². The molecule has 0 aliphatic heterocycles. The van der Waals surface area contributed by atoms with Crippen LogP contribution in [0, 0.1) is 0 Å². The number of ether oxygens (including phenoxy) is 1. The highest BCUT2D eigenvalue weighted by Gasteiger charge is 2.00. The van der Waals surface area contributed by atoms with Crippen molar-refractivity contribution in [2.75, 3.05) is 0 Å². The Kier molecular flexibility index (Phi) is 10.7. The monoisotopic (exact) mass is 365 g/mol. The predicted octanol–water partition coefficient (Wildman–Crippen LogP) is -0.209. The quantitative estimate of drug-likeness (QED) is 0.465. The Balaban J connectivity index is 0.000000413. The van der Waals surface area contributed by atoms with Gasteiger partial charge < -0.3 is 17.1 Å². The maximum absolute atomic E-state index is 10.4. The fraction of sp³-hybridized carbons (Fsp3) is 0.0588. The average molecular weight is 366 g/mol. The summed E-state index contributed by atoms with van der Waals surface area (Å²) >= 11 is 0. The molecule has 7 heteroatoms. The third-order valence-electron chi connectivity index (χ3n) is 2.56. The minimum absolute atomic E-state index is 0. The number of esters is 1. The van der Waals surface area contributed by atoms with Crippen LogP contribution in [0.2, 0.25) is 0 Å². The van der Waals surface area contributed by atoms with E-state index in [0.717, 1.165) is 5.69 Å². The lowest BCUT2D eigenvalue weighted by Crippen LogP contribution is -3.00. The minimum atomic E-state index is -0.348. The Morgan fingerprint density at radius 2 is 1.62 bits per heavy atom. The van der Waals surface area contributed by atoms with Gasteiger partial charge in [-0.05, 0) is 6.07 Å². The van der Waals surface area contributed by atoms with E-state index in [1.807, 2.05) is 47.3 Å². The van der Waals surface area contributed by atoms with Gasteiger partial charge in [0.05, 0.1) is 0 Å². The number of aromatic nitrogens is 3. The van der Waals surface area contributed by atoms with E-state index in [9.17, 15) is 4.79 Å². The van der Waals surface area contributed by atoms with Crippen LogP contribution in [-0.4, -0.2) is 15.9 Å². The Bertz CT molecular complexity index is 661. The van der Waals surface area contributed by atoms with Crippen molar-refractivity contribution in [2.24, 2.45) is 0 Å². The Morgan fingerprint density at radius 3 is 2.17 bits per heavy atom. The molecule has 3 aromatic rings. The van der Waals surface area contributed by atoms with Gasteiger partial charge in [-0.3, -0.25) is 9.78 Å². The second-order valence-corrected chi connectivity index (χ2v) is 4.25. The fourth-order valence-electron chi connectivity index (χ4n) is 1.64. The molecule has 0 fully saturated rings. The van der Waals surface area contributed by atoms with Gasteiger partial charge in [0.25, 0.3) is 0 Å². The van der Waals surface area contributed by atoms with E-state index in [1.165, 1.54) is 6.92 Å². The molecule has 126 valence electrons. The van der Waals surface area contributed by atoms with E-state index >= 15 is 0 Å². The van der Waals surface area contributed by atoms with Crippen molar-refractivity contribution in [1.29, 1.82) is 0 Å². The third kappa shape index (κ3) is 7.67. The smallest absolute Gasteiger partial charge is 0.309 e. The molecule has 0 saturated carbocycles. The highest BCUT2D eigenvalue weighted by molar-refractivity contribution is 5.85. The molecule has 24 heavy (non-hydrogen) atoms. The number of hydrogen-bond donors (Lipinski definition) is 0. The van der Waals surface area contributed by atoms with Crippen LogP contribution in [0.25, 0.3) is 5.69 Å². The molecule has 3 rings (SSSR count). The molecule has 0 aliphatic carbocycles. The van der Waals surface area contributed by atoms with Gasteiger partial charge in [-0.15, -0.1) is 12.4 Å². The molecule has 0 aliphatic rings. The number of hydrogen-bond acceptors (Lipinski definition) is 4. The van der Waals surface area contributed by atoms with E-state index in [4.69, 9.17) is 0 Å². The number of halogens is 2. The maximum Gasteiger partial charge on any atom is 0.309 e. The molecule has 0 bridgehead atoms. The van der Waals surface area contributed by atoms with Gasteiger partial charge in [-0.1, -0.05) is 12.1 Å². The standard InChI is InChI=1S/C10H9N2.C7H7NO2.2ClH/c1-2-8-12(9-3-1)10-4-6-11-7-5-10;1-6(9)10-7-4-2-3-5-8-7;;/h1-9H;2-5H,1H3;2*1H/q+1;;;/p-1. The maximum atomic E-state index is 10.4. The van der Waals surface area contributed by atoms with Gasteiger partial charge >= 0.3 is 5.97 Å². The van der Waals surface area contributed by atoms with Crippen LogP contribution in [0.4, 0.5) is 0 Å². The molecule has 0 spiro atoms. The van der Waals surface area contributed by atoms with Crippen LogP contribution in [0.5, 0.6) is 5.88 Å². The van der Waals surface area contributed by atoms with Crippen molar-refractivity contribution in [3.63, 3.8) is 0 Å². The Morgan fingerprint density at radius 1 is 0.958 bits per heavy atom. The predicted molar refractivity (Wildman–Crippen MR) is 88.6 cm³/mol. The molecular weight excluding hydrogens is 349 g/mol. The van der Waals surface area contributed by atoms with E-state index in [1.54, 1.807) is 36.8 Å². The summed E-state index contributed by atoms with van der Waals surface area (Å²) in [5.74, 6) is -0.00583. The molecule has 0 amide bonds. The minimum Gasteiger partial charge on any atom is -1.00 e. The lowest BCUT2D eigenvalue weighted by atomic mass is 10.4. The summed E-state index contributed by atoms with van der Waals surface area (Å²) in [7, 11) is 0. The van der Waals surface area contributed by atoms with Crippen LogP contribution in [0.1, 0.15) is 6.92 Å². The Hall–Kier alpha value is -2.50. The summed E-state index contributed by atoms with van der Waals surface area (Å²) in [5.41, 5.74) is 1.13. The number of carbonyl (C=O) groups is 1. The number of carbonyl (C=O) groups excluding carboxylic acids is 1.